The Hall–Kier alpha value is -0.120. The lowest BCUT2D eigenvalue weighted by molar-refractivity contribution is 0.0322. The summed E-state index contributed by atoms with van der Waals surface area (Å²) in [6.45, 7) is 10.5. The van der Waals surface area contributed by atoms with Gasteiger partial charge in [-0.3, -0.25) is 9.80 Å². The van der Waals surface area contributed by atoms with E-state index in [1.165, 1.54) is 71.1 Å². The van der Waals surface area contributed by atoms with Crippen molar-refractivity contribution in [2.45, 2.75) is 70.9 Å². The van der Waals surface area contributed by atoms with Gasteiger partial charge in [-0.2, -0.15) is 0 Å². The lowest BCUT2D eigenvalue weighted by Crippen LogP contribution is -2.56. The Balaban J connectivity index is 1.83. The molecule has 3 atom stereocenters. The summed E-state index contributed by atoms with van der Waals surface area (Å²) in [5, 5.41) is 0. The first kappa shape index (κ1) is 16.3. The van der Waals surface area contributed by atoms with Crippen LogP contribution in [-0.2, 0) is 0 Å². The van der Waals surface area contributed by atoms with E-state index in [9.17, 15) is 0 Å². The van der Waals surface area contributed by atoms with E-state index >= 15 is 0 Å². The van der Waals surface area contributed by atoms with Crippen molar-refractivity contribution in [2.75, 3.05) is 32.7 Å². The minimum atomic E-state index is 0.621. The van der Waals surface area contributed by atoms with Crippen LogP contribution in [-0.4, -0.2) is 54.6 Å². The van der Waals surface area contributed by atoms with Crippen LogP contribution in [0.1, 0.15) is 58.8 Å². The van der Waals surface area contributed by atoms with Gasteiger partial charge >= 0.3 is 0 Å². The maximum absolute atomic E-state index is 5.96. The van der Waals surface area contributed by atoms with Crippen LogP contribution in [0.2, 0.25) is 0 Å². The fourth-order valence-corrected chi connectivity index (χ4v) is 4.36. The molecule has 20 heavy (non-hydrogen) atoms. The topological polar surface area (TPSA) is 32.5 Å². The van der Waals surface area contributed by atoms with Crippen LogP contribution >= 0.6 is 0 Å². The summed E-state index contributed by atoms with van der Waals surface area (Å²) >= 11 is 0. The Morgan fingerprint density at radius 2 is 1.75 bits per heavy atom. The molecule has 0 aromatic carbocycles. The molecular formula is C17H35N3. The molecule has 3 unspecified atom stereocenters. The van der Waals surface area contributed by atoms with Crippen LogP contribution in [0, 0.1) is 5.92 Å². The van der Waals surface area contributed by atoms with E-state index in [2.05, 4.69) is 23.6 Å². The van der Waals surface area contributed by atoms with E-state index in [0.717, 1.165) is 18.5 Å². The number of piperazine rings is 1. The Morgan fingerprint density at radius 3 is 2.35 bits per heavy atom. The molecule has 1 aliphatic carbocycles. The summed E-state index contributed by atoms with van der Waals surface area (Å²) in [6, 6.07) is 1.49. The van der Waals surface area contributed by atoms with Gasteiger partial charge < -0.3 is 5.73 Å². The molecule has 0 bridgehead atoms. The van der Waals surface area contributed by atoms with E-state index in [-0.39, 0.29) is 0 Å². The number of hydrogen-bond acceptors (Lipinski definition) is 3. The van der Waals surface area contributed by atoms with Crippen molar-refractivity contribution in [3.05, 3.63) is 0 Å². The zero-order valence-corrected chi connectivity index (χ0v) is 13.7. The van der Waals surface area contributed by atoms with Crippen LogP contribution in [0.25, 0.3) is 0 Å². The number of nitrogens with two attached hydrogens (primary N) is 1. The molecule has 3 heteroatoms. The molecule has 0 amide bonds. The molecule has 3 nitrogen and oxygen atoms in total. The third kappa shape index (κ3) is 3.96. The van der Waals surface area contributed by atoms with Gasteiger partial charge in [0.1, 0.15) is 0 Å². The summed E-state index contributed by atoms with van der Waals surface area (Å²) in [5.41, 5.74) is 5.96. The summed E-state index contributed by atoms with van der Waals surface area (Å²) < 4.78 is 0. The van der Waals surface area contributed by atoms with Gasteiger partial charge in [0.2, 0.25) is 0 Å². The van der Waals surface area contributed by atoms with Crippen LogP contribution in [0.15, 0.2) is 0 Å². The summed E-state index contributed by atoms with van der Waals surface area (Å²) in [6.07, 6.45) is 9.69. The Labute approximate surface area is 125 Å². The number of nitrogens with zero attached hydrogens (tertiary/aromatic N) is 2. The van der Waals surface area contributed by atoms with Gasteiger partial charge in [0.25, 0.3) is 0 Å². The molecule has 2 fully saturated rings. The smallest absolute Gasteiger partial charge is 0.0219 e. The van der Waals surface area contributed by atoms with Gasteiger partial charge in [0.05, 0.1) is 0 Å². The van der Waals surface area contributed by atoms with Gasteiger partial charge in [-0.05, 0) is 25.2 Å². The molecule has 1 saturated carbocycles. The van der Waals surface area contributed by atoms with Crippen molar-refractivity contribution in [1.29, 1.82) is 0 Å². The molecule has 0 spiro atoms. The molecule has 2 aliphatic rings. The number of hydrogen-bond donors (Lipinski definition) is 1. The predicted octanol–water partition coefficient (Wildman–Crippen LogP) is 2.70. The van der Waals surface area contributed by atoms with E-state index in [4.69, 9.17) is 5.73 Å². The molecule has 1 aliphatic heterocycles. The van der Waals surface area contributed by atoms with Crippen LogP contribution in [0.3, 0.4) is 0 Å². The molecule has 0 aromatic heterocycles. The van der Waals surface area contributed by atoms with Crippen LogP contribution in [0.5, 0.6) is 0 Å². The standard InChI is InChI=1S/C17H35N3/c1-3-7-16(14-18)19-10-12-20(13-11-19)17-9-6-5-8-15(17)4-2/h15-17H,3-14,18H2,1-2H3. The van der Waals surface area contributed by atoms with Crippen molar-refractivity contribution < 1.29 is 0 Å². The molecular weight excluding hydrogens is 246 g/mol. The zero-order chi connectivity index (χ0) is 14.4. The van der Waals surface area contributed by atoms with Gasteiger partial charge in [-0.15, -0.1) is 0 Å². The largest absolute Gasteiger partial charge is 0.329 e. The Kier molecular flexibility index (Phi) is 6.79. The van der Waals surface area contributed by atoms with Crippen molar-refractivity contribution in [2.24, 2.45) is 11.7 Å². The van der Waals surface area contributed by atoms with Crippen molar-refractivity contribution in [3.63, 3.8) is 0 Å². The Morgan fingerprint density at radius 1 is 1.05 bits per heavy atom. The number of rotatable bonds is 6. The monoisotopic (exact) mass is 281 g/mol. The molecule has 2 N–H and O–H groups in total. The quantitative estimate of drug-likeness (QED) is 0.812. The summed E-state index contributed by atoms with van der Waals surface area (Å²) in [7, 11) is 0. The normalized spacial score (nSPS) is 31.4. The molecule has 1 saturated heterocycles. The second-order valence-corrected chi connectivity index (χ2v) is 6.77. The van der Waals surface area contributed by atoms with Gasteiger partial charge in [0.15, 0.2) is 0 Å². The van der Waals surface area contributed by atoms with Crippen molar-refractivity contribution in [1.82, 2.24) is 9.80 Å². The van der Waals surface area contributed by atoms with Crippen molar-refractivity contribution >= 4 is 0 Å². The fourth-order valence-electron chi connectivity index (χ4n) is 4.36. The molecule has 2 rings (SSSR count). The molecule has 1 heterocycles. The molecule has 0 radical (unpaired) electrons. The SMILES string of the molecule is CCCC(CN)N1CCN(C2CCCCC2CC)CC1. The zero-order valence-electron chi connectivity index (χ0n) is 13.7. The van der Waals surface area contributed by atoms with Gasteiger partial charge in [-0.1, -0.05) is 39.5 Å². The average molecular weight is 281 g/mol. The maximum atomic E-state index is 5.96. The highest BCUT2D eigenvalue weighted by atomic mass is 15.3. The minimum absolute atomic E-state index is 0.621. The lowest BCUT2D eigenvalue weighted by atomic mass is 9.81. The summed E-state index contributed by atoms with van der Waals surface area (Å²) in [4.78, 5) is 5.44. The van der Waals surface area contributed by atoms with Gasteiger partial charge in [-0.25, -0.2) is 0 Å². The van der Waals surface area contributed by atoms with Crippen LogP contribution < -0.4 is 5.73 Å². The highest BCUT2D eigenvalue weighted by Gasteiger charge is 2.32. The molecule has 118 valence electrons. The molecule has 0 aromatic rings. The maximum Gasteiger partial charge on any atom is 0.0219 e. The van der Waals surface area contributed by atoms with E-state index in [0.29, 0.717) is 6.04 Å². The average Bonchev–Trinajstić information content (AvgIpc) is 2.53. The third-order valence-electron chi connectivity index (χ3n) is 5.62. The van der Waals surface area contributed by atoms with Crippen LogP contribution in [0.4, 0.5) is 0 Å². The van der Waals surface area contributed by atoms with Gasteiger partial charge in [0, 0.05) is 44.8 Å². The van der Waals surface area contributed by atoms with E-state index in [1.807, 2.05) is 0 Å². The second-order valence-electron chi connectivity index (χ2n) is 6.77. The van der Waals surface area contributed by atoms with Crippen molar-refractivity contribution in [3.8, 4) is 0 Å². The highest BCUT2D eigenvalue weighted by molar-refractivity contribution is 4.87. The third-order valence-corrected chi connectivity index (χ3v) is 5.62. The van der Waals surface area contributed by atoms with E-state index in [1.54, 1.807) is 0 Å². The Bertz CT molecular complexity index is 261. The second kappa shape index (κ2) is 8.35. The highest BCUT2D eigenvalue weighted by Crippen LogP contribution is 2.31. The lowest BCUT2D eigenvalue weighted by Gasteiger charge is -2.45. The predicted molar refractivity (Wildman–Crippen MR) is 86.9 cm³/mol. The van der Waals surface area contributed by atoms with E-state index < -0.39 is 0 Å². The summed E-state index contributed by atoms with van der Waals surface area (Å²) in [5.74, 6) is 0.955. The fraction of sp³-hybridized carbons (Fsp3) is 1.00. The first-order chi connectivity index (χ1) is 9.80. The minimum Gasteiger partial charge on any atom is -0.329 e. The first-order valence-electron chi connectivity index (χ1n) is 8.98. The first-order valence-corrected chi connectivity index (χ1v) is 8.98.